The van der Waals surface area contributed by atoms with Crippen LogP contribution < -0.4 is 5.32 Å². The number of rotatable bonds is 32. The summed E-state index contributed by atoms with van der Waals surface area (Å²) in [6, 6.07) is -0.663. The summed E-state index contributed by atoms with van der Waals surface area (Å²) < 4.78 is 0. The number of amides is 1. The molecule has 0 aromatic carbocycles. The van der Waals surface area contributed by atoms with Gasteiger partial charge in [0.1, 0.15) is 0 Å². The van der Waals surface area contributed by atoms with Crippen molar-refractivity contribution in [3.8, 4) is 0 Å². The first-order chi connectivity index (χ1) is 23.7. The molecular formula is C44H71NO3. The number of aliphatic hydroxyl groups is 2. The molecule has 0 spiro atoms. The Morgan fingerprint density at radius 3 is 1.44 bits per heavy atom. The van der Waals surface area contributed by atoms with Crippen LogP contribution in [-0.4, -0.2) is 34.9 Å². The predicted molar refractivity (Wildman–Crippen MR) is 211 cm³/mol. The van der Waals surface area contributed by atoms with Gasteiger partial charge in [-0.3, -0.25) is 4.79 Å². The summed E-state index contributed by atoms with van der Waals surface area (Å²) in [6.45, 7) is 4.11. The van der Waals surface area contributed by atoms with E-state index in [1.807, 2.05) is 6.08 Å². The molecule has 270 valence electrons. The van der Waals surface area contributed by atoms with Crippen LogP contribution in [0, 0.1) is 0 Å². The van der Waals surface area contributed by atoms with Gasteiger partial charge in [0.05, 0.1) is 18.8 Å². The number of aliphatic hydroxyl groups excluding tert-OH is 2. The number of hydrogen-bond donors (Lipinski definition) is 3. The lowest BCUT2D eigenvalue weighted by atomic mass is 10.1. The van der Waals surface area contributed by atoms with Gasteiger partial charge in [-0.25, -0.2) is 0 Å². The zero-order chi connectivity index (χ0) is 35.0. The Bertz CT molecular complexity index is 979. The van der Waals surface area contributed by atoms with E-state index in [2.05, 4.69) is 116 Å². The Morgan fingerprint density at radius 2 is 0.938 bits per heavy atom. The van der Waals surface area contributed by atoms with Crippen LogP contribution in [0.4, 0.5) is 0 Å². The third-order valence-electron chi connectivity index (χ3n) is 7.74. The molecule has 0 heterocycles. The fourth-order valence-corrected chi connectivity index (χ4v) is 4.82. The maximum atomic E-state index is 12.3. The Balaban J connectivity index is 3.80. The molecule has 0 saturated heterocycles. The highest BCUT2D eigenvalue weighted by molar-refractivity contribution is 5.76. The Morgan fingerprint density at radius 1 is 0.521 bits per heavy atom. The molecule has 0 radical (unpaired) electrons. The minimum atomic E-state index is -0.882. The molecule has 4 heteroatoms. The summed E-state index contributed by atoms with van der Waals surface area (Å²) >= 11 is 0. The lowest BCUT2D eigenvalue weighted by Gasteiger charge is -2.19. The van der Waals surface area contributed by atoms with Gasteiger partial charge in [0, 0.05) is 6.42 Å². The van der Waals surface area contributed by atoms with Gasteiger partial charge in [0.25, 0.3) is 0 Å². The van der Waals surface area contributed by atoms with Crippen molar-refractivity contribution in [3.05, 3.63) is 109 Å². The van der Waals surface area contributed by atoms with Crippen LogP contribution in [0.3, 0.4) is 0 Å². The molecule has 1 amide bonds. The molecule has 48 heavy (non-hydrogen) atoms. The fourth-order valence-electron chi connectivity index (χ4n) is 4.82. The molecule has 0 aliphatic rings. The second-order valence-corrected chi connectivity index (χ2v) is 12.2. The van der Waals surface area contributed by atoms with Crippen molar-refractivity contribution in [3.63, 3.8) is 0 Å². The second-order valence-electron chi connectivity index (χ2n) is 12.2. The van der Waals surface area contributed by atoms with Crippen LogP contribution in [0.25, 0.3) is 0 Å². The average Bonchev–Trinajstić information content (AvgIpc) is 3.09. The van der Waals surface area contributed by atoms with E-state index in [0.29, 0.717) is 6.42 Å². The standard InChI is InChI=1S/C44H71NO3/c1-3-5-7-9-11-13-15-16-17-18-19-20-21-22-23-24-25-26-27-28-30-32-34-36-38-40-44(48)45-42(41-46)43(47)39-37-35-33-31-29-14-12-10-8-6-4-2/h5,7,11,13,16-17,19-20,22-23,25-26,28-31,37,39,42-43,46-47H,3-4,6,8-10,12,14-15,18,21,24,27,32-36,38,40-41H2,1-2H3,(H,45,48)/b7-5-,13-11-,17-16-,20-19-,23-22-,26-25-,30-28-,31-29+,39-37+. The van der Waals surface area contributed by atoms with Crippen LogP contribution in [0.15, 0.2) is 109 Å². The van der Waals surface area contributed by atoms with Crippen molar-refractivity contribution < 1.29 is 15.0 Å². The zero-order valence-corrected chi connectivity index (χ0v) is 30.7. The van der Waals surface area contributed by atoms with E-state index in [4.69, 9.17) is 0 Å². The first-order valence-corrected chi connectivity index (χ1v) is 19.1. The van der Waals surface area contributed by atoms with Crippen LogP contribution in [-0.2, 0) is 4.79 Å². The third kappa shape index (κ3) is 34.4. The van der Waals surface area contributed by atoms with Crippen molar-refractivity contribution in [2.45, 2.75) is 154 Å². The van der Waals surface area contributed by atoms with E-state index in [9.17, 15) is 15.0 Å². The largest absolute Gasteiger partial charge is 0.394 e. The number of allylic oxidation sites excluding steroid dienone is 17. The normalized spacial score (nSPS) is 14.3. The maximum Gasteiger partial charge on any atom is 0.220 e. The van der Waals surface area contributed by atoms with Crippen LogP contribution >= 0.6 is 0 Å². The molecule has 0 bridgehead atoms. The van der Waals surface area contributed by atoms with Crippen molar-refractivity contribution in [2.24, 2.45) is 0 Å². The van der Waals surface area contributed by atoms with E-state index < -0.39 is 12.1 Å². The number of carbonyl (C=O) groups excluding carboxylic acids is 1. The highest BCUT2D eigenvalue weighted by Crippen LogP contribution is 2.08. The summed E-state index contributed by atoms with van der Waals surface area (Å²) in [5.41, 5.74) is 0. The summed E-state index contributed by atoms with van der Waals surface area (Å²) in [6.07, 6.45) is 58.9. The number of unbranched alkanes of at least 4 members (excludes halogenated alkanes) is 9. The Labute approximate surface area is 296 Å². The average molecular weight is 662 g/mol. The molecule has 2 unspecified atom stereocenters. The molecule has 0 aromatic rings. The summed E-state index contributed by atoms with van der Waals surface area (Å²) in [5.74, 6) is -0.114. The first kappa shape index (κ1) is 45.0. The van der Waals surface area contributed by atoms with Crippen LogP contribution in [0.2, 0.25) is 0 Å². The Kier molecular flexibility index (Phi) is 36.1. The number of carbonyl (C=O) groups is 1. The van der Waals surface area contributed by atoms with E-state index >= 15 is 0 Å². The molecule has 0 saturated carbocycles. The minimum Gasteiger partial charge on any atom is -0.394 e. The van der Waals surface area contributed by atoms with Crippen molar-refractivity contribution in [1.82, 2.24) is 5.32 Å². The molecule has 2 atom stereocenters. The van der Waals surface area contributed by atoms with Gasteiger partial charge in [-0.05, 0) is 89.9 Å². The lowest BCUT2D eigenvalue weighted by molar-refractivity contribution is -0.123. The summed E-state index contributed by atoms with van der Waals surface area (Å²) in [7, 11) is 0. The molecule has 0 aliphatic carbocycles. The monoisotopic (exact) mass is 662 g/mol. The molecule has 0 aromatic heterocycles. The van der Waals surface area contributed by atoms with Gasteiger partial charge in [0.2, 0.25) is 5.91 Å². The quantitative estimate of drug-likeness (QED) is 0.0496. The highest BCUT2D eigenvalue weighted by Gasteiger charge is 2.17. The molecule has 4 nitrogen and oxygen atoms in total. The zero-order valence-electron chi connectivity index (χ0n) is 30.7. The lowest BCUT2D eigenvalue weighted by Crippen LogP contribution is -2.45. The van der Waals surface area contributed by atoms with Crippen molar-refractivity contribution in [2.75, 3.05) is 6.61 Å². The van der Waals surface area contributed by atoms with Crippen molar-refractivity contribution in [1.29, 1.82) is 0 Å². The number of nitrogens with one attached hydrogen (secondary N) is 1. The summed E-state index contributed by atoms with van der Waals surface area (Å²) in [4.78, 5) is 12.3. The first-order valence-electron chi connectivity index (χ1n) is 19.1. The molecule has 0 fully saturated rings. The van der Waals surface area contributed by atoms with Gasteiger partial charge >= 0.3 is 0 Å². The molecule has 0 rings (SSSR count). The topological polar surface area (TPSA) is 69.6 Å². The van der Waals surface area contributed by atoms with Crippen molar-refractivity contribution >= 4 is 5.91 Å². The molecular weight excluding hydrogens is 590 g/mol. The van der Waals surface area contributed by atoms with E-state index in [1.54, 1.807) is 6.08 Å². The Hall–Kier alpha value is -2.95. The van der Waals surface area contributed by atoms with Gasteiger partial charge in [-0.15, -0.1) is 0 Å². The fraction of sp³-hybridized carbons (Fsp3) is 0.568. The van der Waals surface area contributed by atoms with E-state index in [1.165, 1.54) is 32.1 Å². The van der Waals surface area contributed by atoms with Gasteiger partial charge in [-0.1, -0.05) is 155 Å². The third-order valence-corrected chi connectivity index (χ3v) is 7.74. The highest BCUT2D eigenvalue weighted by atomic mass is 16.3. The van der Waals surface area contributed by atoms with E-state index in [0.717, 1.165) is 89.9 Å². The number of hydrogen-bond acceptors (Lipinski definition) is 3. The maximum absolute atomic E-state index is 12.3. The summed E-state index contributed by atoms with van der Waals surface area (Å²) in [5, 5.41) is 22.8. The smallest absolute Gasteiger partial charge is 0.220 e. The van der Waals surface area contributed by atoms with Gasteiger partial charge in [0.15, 0.2) is 0 Å². The van der Waals surface area contributed by atoms with Gasteiger partial charge < -0.3 is 15.5 Å². The molecule has 0 aliphatic heterocycles. The van der Waals surface area contributed by atoms with Gasteiger partial charge in [-0.2, -0.15) is 0 Å². The van der Waals surface area contributed by atoms with Crippen LogP contribution in [0.1, 0.15) is 142 Å². The van der Waals surface area contributed by atoms with Crippen LogP contribution in [0.5, 0.6) is 0 Å². The van der Waals surface area contributed by atoms with E-state index in [-0.39, 0.29) is 12.5 Å². The SMILES string of the molecule is CC/C=C\C/C=C\C/C=C\C/C=C\C/C=C\C/C=C\C/C=C\CCCCCC(=O)NC(CO)C(O)/C=C/CC/C=C/CCCCCCC. The minimum absolute atomic E-state index is 0.114. The molecule has 3 N–H and O–H groups in total. The predicted octanol–water partition coefficient (Wildman–Crippen LogP) is 11.7. The second kappa shape index (κ2) is 38.5.